The Morgan fingerprint density at radius 3 is 2.17 bits per heavy atom. The fourth-order valence-corrected chi connectivity index (χ4v) is 4.01. The van der Waals surface area contributed by atoms with E-state index in [-0.39, 0.29) is 5.78 Å². The summed E-state index contributed by atoms with van der Waals surface area (Å²) in [5.74, 6) is 0.934. The maximum Gasteiger partial charge on any atom is 0.185 e. The third-order valence-electron chi connectivity index (χ3n) is 5.56. The number of benzene rings is 2. The first-order valence-corrected chi connectivity index (χ1v) is 10.5. The molecule has 30 heavy (non-hydrogen) atoms. The Morgan fingerprint density at radius 1 is 0.933 bits per heavy atom. The van der Waals surface area contributed by atoms with E-state index in [0.717, 1.165) is 54.6 Å². The fraction of sp³-hybridized carbons (Fsp3) is 0.304. The largest absolute Gasteiger partial charge is 0.497 e. The molecule has 4 rings (SSSR count). The van der Waals surface area contributed by atoms with Gasteiger partial charge in [0.05, 0.1) is 13.8 Å². The van der Waals surface area contributed by atoms with Gasteiger partial charge in [-0.1, -0.05) is 0 Å². The molecular formula is C23H26N4O2S. The van der Waals surface area contributed by atoms with Crippen LogP contribution in [0.5, 0.6) is 5.75 Å². The molecule has 2 heterocycles. The summed E-state index contributed by atoms with van der Waals surface area (Å²) in [5.41, 5.74) is 2.95. The van der Waals surface area contributed by atoms with Crippen molar-refractivity contribution in [2.45, 2.75) is 13.6 Å². The molecule has 1 aliphatic rings. The van der Waals surface area contributed by atoms with Crippen molar-refractivity contribution in [3.05, 3.63) is 71.3 Å². The molecule has 1 fully saturated rings. The number of nitrogens with zero attached hydrogens (tertiary/aromatic N) is 4. The van der Waals surface area contributed by atoms with Crippen molar-refractivity contribution in [1.82, 2.24) is 14.0 Å². The molecule has 156 valence electrons. The van der Waals surface area contributed by atoms with Crippen LogP contribution in [0.3, 0.4) is 0 Å². The molecule has 0 unspecified atom stereocenters. The van der Waals surface area contributed by atoms with Crippen molar-refractivity contribution in [1.29, 1.82) is 0 Å². The van der Waals surface area contributed by atoms with E-state index in [2.05, 4.69) is 14.4 Å². The van der Waals surface area contributed by atoms with Crippen molar-refractivity contribution >= 4 is 23.7 Å². The first-order chi connectivity index (χ1) is 14.5. The molecule has 0 amide bonds. The van der Waals surface area contributed by atoms with Gasteiger partial charge in [0.1, 0.15) is 5.75 Å². The van der Waals surface area contributed by atoms with Gasteiger partial charge in [0.2, 0.25) is 0 Å². The summed E-state index contributed by atoms with van der Waals surface area (Å²) in [6, 6.07) is 15.8. The molecule has 6 nitrogen and oxygen atoms in total. The zero-order chi connectivity index (χ0) is 21.1. The summed E-state index contributed by atoms with van der Waals surface area (Å²) in [4.78, 5) is 16.2. The van der Waals surface area contributed by atoms with Gasteiger partial charge in [-0.05, 0) is 67.7 Å². The molecule has 0 radical (unpaired) electrons. The molecule has 1 aliphatic heterocycles. The minimum atomic E-state index is 0.102. The summed E-state index contributed by atoms with van der Waals surface area (Å²) in [6.07, 6.45) is 4.05. The van der Waals surface area contributed by atoms with E-state index in [1.165, 1.54) is 5.69 Å². The predicted molar refractivity (Wildman–Crippen MR) is 121 cm³/mol. The van der Waals surface area contributed by atoms with Gasteiger partial charge in [0.15, 0.2) is 10.6 Å². The highest BCUT2D eigenvalue weighted by Crippen LogP contribution is 2.19. The highest BCUT2D eigenvalue weighted by Gasteiger charge is 2.18. The fourth-order valence-electron chi connectivity index (χ4n) is 3.73. The Labute approximate surface area is 181 Å². The zero-order valence-electron chi connectivity index (χ0n) is 17.3. The number of hydrogen-bond donors (Lipinski definition) is 0. The standard InChI is InChI=1S/C23H26N4O2S/c1-18(28)19-3-5-20(6-4-19)25-13-11-24(12-14-25)17-26-15-16-27(23(26)30)21-7-9-22(29-2)10-8-21/h3-10,15-16H,11-14,17H2,1-2H3. The Bertz CT molecular complexity index is 1060. The van der Waals surface area contributed by atoms with Crippen LogP contribution in [0.1, 0.15) is 17.3 Å². The zero-order valence-corrected chi connectivity index (χ0v) is 18.1. The number of aromatic nitrogens is 2. The SMILES string of the molecule is COc1ccc(-n2ccn(CN3CCN(c4ccc(C(C)=O)cc4)CC3)c2=S)cc1. The van der Waals surface area contributed by atoms with Crippen LogP contribution in [0, 0.1) is 4.77 Å². The van der Waals surface area contributed by atoms with Crippen LogP contribution in [0.15, 0.2) is 60.9 Å². The molecule has 2 aromatic carbocycles. The van der Waals surface area contributed by atoms with Gasteiger partial charge in [-0.2, -0.15) is 0 Å². The molecule has 0 atom stereocenters. The van der Waals surface area contributed by atoms with Crippen molar-refractivity contribution in [3.8, 4) is 11.4 Å². The van der Waals surface area contributed by atoms with E-state index < -0.39 is 0 Å². The molecular weight excluding hydrogens is 396 g/mol. The number of carbonyl (C=O) groups excluding carboxylic acids is 1. The van der Waals surface area contributed by atoms with Crippen molar-refractivity contribution in [3.63, 3.8) is 0 Å². The lowest BCUT2D eigenvalue weighted by atomic mass is 10.1. The van der Waals surface area contributed by atoms with Gasteiger partial charge in [-0.15, -0.1) is 0 Å². The average Bonchev–Trinajstić information content (AvgIpc) is 3.14. The number of ether oxygens (including phenoxy) is 1. The summed E-state index contributed by atoms with van der Waals surface area (Å²) >= 11 is 5.70. The number of Topliss-reactive ketones (excluding diaryl/α,β-unsaturated/α-hetero) is 1. The molecule has 0 spiro atoms. The predicted octanol–water partition coefficient (Wildman–Crippen LogP) is 4.00. The van der Waals surface area contributed by atoms with Crippen LogP contribution in [-0.4, -0.2) is 53.1 Å². The number of methoxy groups -OCH3 is 1. The highest BCUT2D eigenvalue weighted by molar-refractivity contribution is 7.71. The minimum absolute atomic E-state index is 0.102. The average molecular weight is 423 g/mol. The van der Waals surface area contributed by atoms with E-state index in [9.17, 15) is 4.79 Å². The maximum absolute atomic E-state index is 11.5. The number of carbonyl (C=O) groups is 1. The van der Waals surface area contributed by atoms with Gasteiger partial charge in [0, 0.05) is 55.5 Å². The summed E-state index contributed by atoms with van der Waals surface area (Å²) in [5, 5.41) is 0. The number of piperazine rings is 1. The monoisotopic (exact) mass is 422 g/mol. The maximum atomic E-state index is 11.5. The van der Waals surface area contributed by atoms with E-state index >= 15 is 0 Å². The second-order valence-electron chi connectivity index (χ2n) is 7.47. The number of hydrogen-bond acceptors (Lipinski definition) is 5. The van der Waals surface area contributed by atoms with Crippen LogP contribution in [0.4, 0.5) is 5.69 Å². The molecule has 0 bridgehead atoms. The van der Waals surface area contributed by atoms with Crippen LogP contribution in [0.25, 0.3) is 5.69 Å². The molecule has 3 aromatic rings. The summed E-state index contributed by atoms with van der Waals surface area (Å²) in [7, 11) is 1.66. The molecule has 0 saturated carbocycles. The third kappa shape index (κ3) is 4.32. The van der Waals surface area contributed by atoms with Crippen LogP contribution in [-0.2, 0) is 6.67 Å². The van der Waals surface area contributed by atoms with Crippen molar-refractivity contribution in [2.24, 2.45) is 0 Å². The molecule has 0 aliphatic carbocycles. The number of ketones is 1. The second-order valence-corrected chi connectivity index (χ2v) is 7.83. The highest BCUT2D eigenvalue weighted by atomic mass is 32.1. The Hall–Kier alpha value is -2.90. The minimum Gasteiger partial charge on any atom is -0.497 e. The number of anilines is 1. The van der Waals surface area contributed by atoms with E-state index in [0.29, 0.717) is 0 Å². The molecule has 1 aromatic heterocycles. The summed E-state index contributed by atoms with van der Waals surface area (Å²) < 4.78 is 10.1. The Morgan fingerprint density at radius 2 is 1.57 bits per heavy atom. The molecule has 1 saturated heterocycles. The first kappa shape index (κ1) is 20.4. The third-order valence-corrected chi connectivity index (χ3v) is 5.99. The van der Waals surface area contributed by atoms with Gasteiger partial charge < -0.3 is 14.2 Å². The smallest absolute Gasteiger partial charge is 0.185 e. The van der Waals surface area contributed by atoms with Crippen molar-refractivity contribution < 1.29 is 9.53 Å². The van der Waals surface area contributed by atoms with Gasteiger partial charge >= 0.3 is 0 Å². The lowest BCUT2D eigenvalue weighted by Crippen LogP contribution is -2.46. The molecule has 7 heteroatoms. The van der Waals surface area contributed by atoms with Gasteiger partial charge in [-0.3, -0.25) is 14.3 Å². The normalized spacial score (nSPS) is 14.7. The topological polar surface area (TPSA) is 42.6 Å². The van der Waals surface area contributed by atoms with Gasteiger partial charge in [-0.25, -0.2) is 0 Å². The second kappa shape index (κ2) is 8.85. The Kier molecular flexibility index (Phi) is 6.01. The quantitative estimate of drug-likeness (QED) is 0.444. The van der Waals surface area contributed by atoms with Gasteiger partial charge in [0.25, 0.3) is 0 Å². The summed E-state index contributed by atoms with van der Waals surface area (Å²) in [6.45, 7) is 6.20. The number of imidazole rings is 1. The van der Waals surface area contributed by atoms with E-state index in [4.69, 9.17) is 17.0 Å². The first-order valence-electron chi connectivity index (χ1n) is 10.1. The lowest BCUT2D eigenvalue weighted by Gasteiger charge is -2.36. The lowest BCUT2D eigenvalue weighted by molar-refractivity contribution is 0.101. The van der Waals surface area contributed by atoms with Crippen LogP contribution in [0.2, 0.25) is 0 Å². The van der Waals surface area contributed by atoms with Crippen molar-refractivity contribution in [2.75, 3.05) is 38.2 Å². The van der Waals surface area contributed by atoms with E-state index in [1.54, 1.807) is 14.0 Å². The van der Waals surface area contributed by atoms with E-state index in [1.807, 2.05) is 65.5 Å². The van der Waals surface area contributed by atoms with Crippen LogP contribution < -0.4 is 9.64 Å². The number of rotatable bonds is 6. The van der Waals surface area contributed by atoms with Crippen LogP contribution >= 0.6 is 12.2 Å². The molecule has 0 N–H and O–H groups in total. The Balaban J connectivity index is 1.37.